The van der Waals surface area contributed by atoms with E-state index in [9.17, 15) is 9.59 Å². The van der Waals surface area contributed by atoms with Crippen molar-refractivity contribution in [3.8, 4) is 0 Å². The predicted octanol–water partition coefficient (Wildman–Crippen LogP) is 2.61. The molecule has 2 heterocycles. The lowest BCUT2D eigenvalue weighted by Crippen LogP contribution is -2.42. The molecule has 5 nitrogen and oxygen atoms in total. The number of furan rings is 1. The van der Waals surface area contributed by atoms with E-state index in [4.69, 9.17) is 9.52 Å². The summed E-state index contributed by atoms with van der Waals surface area (Å²) in [5, 5.41) is 10.1. The minimum Gasteiger partial charge on any atom is -0.481 e. The van der Waals surface area contributed by atoms with Gasteiger partial charge in [0.05, 0.1) is 18.6 Å². The first-order valence-corrected chi connectivity index (χ1v) is 7.52. The molecule has 0 saturated carbocycles. The number of likely N-dealkylation sites (tertiary alicyclic amines) is 1. The lowest BCUT2D eigenvalue weighted by atomic mass is 9.97. The van der Waals surface area contributed by atoms with E-state index >= 15 is 0 Å². The number of aliphatic carboxylic acids is 1. The van der Waals surface area contributed by atoms with E-state index in [-0.39, 0.29) is 12.3 Å². The smallest absolute Gasteiger partial charge is 0.308 e. The maximum Gasteiger partial charge on any atom is 0.308 e. The zero-order valence-corrected chi connectivity index (χ0v) is 12.5. The molecule has 1 aliphatic heterocycles. The van der Waals surface area contributed by atoms with E-state index < -0.39 is 11.9 Å². The van der Waals surface area contributed by atoms with Crippen molar-refractivity contribution in [2.45, 2.75) is 26.2 Å². The van der Waals surface area contributed by atoms with E-state index in [0.717, 1.165) is 28.5 Å². The number of fused-ring (bicyclic) bond motifs is 1. The molecule has 22 heavy (non-hydrogen) atoms. The van der Waals surface area contributed by atoms with Gasteiger partial charge in [0.1, 0.15) is 5.58 Å². The molecule has 5 heteroatoms. The molecule has 1 atom stereocenters. The summed E-state index contributed by atoms with van der Waals surface area (Å²) in [6, 6.07) is 5.91. The standard InChI is InChI=1S/C17H19NO4/c1-11-4-5-14-13(10-22-15(14)7-11)8-16(19)18-6-2-3-12(9-18)17(20)21/h4-5,7,10,12H,2-3,6,8-9H2,1H3,(H,20,21)/t12-/m1/s1. The number of carboxylic acids is 1. The van der Waals surface area contributed by atoms with Gasteiger partial charge in [-0.05, 0) is 31.4 Å². The van der Waals surface area contributed by atoms with Gasteiger partial charge < -0.3 is 14.4 Å². The number of rotatable bonds is 3. The van der Waals surface area contributed by atoms with Crippen molar-refractivity contribution in [2.75, 3.05) is 13.1 Å². The molecule has 116 valence electrons. The van der Waals surface area contributed by atoms with Gasteiger partial charge in [0.25, 0.3) is 0 Å². The van der Waals surface area contributed by atoms with Crippen LogP contribution >= 0.6 is 0 Å². The second-order valence-corrected chi connectivity index (χ2v) is 5.95. The molecule has 3 rings (SSSR count). The molecule has 0 bridgehead atoms. The van der Waals surface area contributed by atoms with Gasteiger partial charge in [-0.25, -0.2) is 0 Å². The first-order chi connectivity index (χ1) is 10.5. The molecule has 1 N–H and O–H groups in total. The second-order valence-electron chi connectivity index (χ2n) is 5.95. The Labute approximate surface area is 128 Å². The highest BCUT2D eigenvalue weighted by Crippen LogP contribution is 2.24. The number of hydrogen-bond donors (Lipinski definition) is 1. The average Bonchev–Trinajstić information content (AvgIpc) is 2.89. The Morgan fingerprint density at radius 1 is 1.41 bits per heavy atom. The molecule has 1 aromatic heterocycles. The Morgan fingerprint density at radius 3 is 3.00 bits per heavy atom. The van der Waals surface area contributed by atoms with Crippen LogP contribution in [0.1, 0.15) is 24.0 Å². The Balaban J connectivity index is 1.74. The quantitative estimate of drug-likeness (QED) is 0.946. The molecule has 1 saturated heterocycles. The number of nitrogens with zero attached hydrogens (tertiary/aromatic N) is 1. The van der Waals surface area contributed by atoms with Crippen molar-refractivity contribution in [3.05, 3.63) is 35.6 Å². The number of benzene rings is 1. The molecular weight excluding hydrogens is 282 g/mol. The molecule has 0 aliphatic carbocycles. The SMILES string of the molecule is Cc1ccc2c(CC(=O)N3CCC[C@@H](C(=O)O)C3)coc2c1. The molecular formula is C17H19NO4. The van der Waals surface area contributed by atoms with Gasteiger partial charge in [-0.3, -0.25) is 9.59 Å². The third-order valence-corrected chi connectivity index (χ3v) is 4.28. The number of carbonyl (C=O) groups is 2. The van der Waals surface area contributed by atoms with Crippen LogP contribution in [0.5, 0.6) is 0 Å². The number of aryl methyl sites for hydroxylation is 1. The zero-order chi connectivity index (χ0) is 15.7. The summed E-state index contributed by atoms with van der Waals surface area (Å²) in [5.74, 6) is -1.29. The summed E-state index contributed by atoms with van der Waals surface area (Å²) in [6.07, 6.45) is 3.27. The fraction of sp³-hybridized carbons (Fsp3) is 0.412. The second kappa shape index (κ2) is 5.83. The normalized spacial score (nSPS) is 18.6. The van der Waals surface area contributed by atoms with Gasteiger partial charge in [-0.15, -0.1) is 0 Å². The lowest BCUT2D eigenvalue weighted by molar-refractivity contribution is -0.145. The van der Waals surface area contributed by atoms with E-state index in [0.29, 0.717) is 19.5 Å². The summed E-state index contributed by atoms with van der Waals surface area (Å²) in [6.45, 7) is 2.94. The monoisotopic (exact) mass is 301 g/mol. The Bertz CT molecular complexity index is 719. The third-order valence-electron chi connectivity index (χ3n) is 4.28. The molecule has 0 spiro atoms. The van der Waals surface area contributed by atoms with Crippen LogP contribution in [0.2, 0.25) is 0 Å². The highest BCUT2D eigenvalue weighted by Gasteiger charge is 2.28. The predicted molar refractivity (Wildman–Crippen MR) is 81.6 cm³/mol. The van der Waals surface area contributed by atoms with Crippen LogP contribution < -0.4 is 0 Å². The van der Waals surface area contributed by atoms with Gasteiger partial charge in [-0.2, -0.15) is 0 Å². The maximum atomic E-state index is 12.4. The highest BCUT2D eigenvalue weighted by atomic mass is 16.4. The number of carbonyl (C=O) groups excluding carboxylic acids is 1. The van der Waals surface area contributed by atoms with Crippen molar-refractivity contribution in [2.24, 2.45) is 5.92 Å². The Morgan fingerprint density at radius 2 is 2.23 bits per heavy atom. The number of carboxylic acid groups (broad SMARTS) is 1. The summed E-state index contributed by atoms with van der Waals surface area (Å²) >= 11 is 0. The van der Waals surface area contributed by atoms with Gasteiger partial charge in [0.15, 0.2) is 0 Å². The fourth-order valence-corrected chi connectivity index (χ4v) is 3.01. The van der Waals surface area contributed by atoms with Crippen molar-refractivity contribution in [1.29, 1.82) is 0 Å². The topological polar surface area (TPSA) is 70.8 Å². The van der Waals surface area contributed by atoms with Crippen molar-refractivity contribution < 1.29 is 19.1 Å². The molecule has 2 aromatic rings. The van der Waals surface area contributed by atoms with Crippen LogP contribution in [0.4, 0.5) is 0 Å². The fourth-order valence-electron chi connectivity index (χ4n) is 3.01. The van der Waals surface area contributed by atoms with Crippen molar-refractivity contribution >= 4 is 22.8 Å². The minimum absolute atomic E-state index is 0.0331. The first kappa shape index (κ1) is 14.6. The molecule has 1 amide bonds. The summed E-state index contributed by atoms with van der Waals surface area (Å²) in [5.41, 5.74) is 2.75. The third kappa shape index (κ3) is 2.84. The summed E-state index contributed by atoms with van der Waals surface area (Å²) < 4.78 is 5.51. The zero-order valence-electron chi connectivity index (χ0n) is 12.5. The van der Waals surface area contributed by atoms with E-state index in [1.807, 2.05) is 25.1 Å². The maximum absolute atomic E-state index is 12.4. The van der Waals surface area contributed by atoms with Crippen LogP contribution in [0.3, 0.4) is 0 Å². The van der Waals surface area contributed by atoms with Crippen LogP contribution in [0.15, 0.2) is 28.9 Å². The highest BCUT2D eigenvalue weighted by molar-refractivity contribution is 5.88. The number of hydrogen-bond acceptors (Lipinski definition) is 3. The van der Waals surface area contributed by atoms with E-state index in [2.05, 4.69) is 0 Å². The van der Waals surface area contributed by atoms with E-state index in [1.165, 1.54) is 0 Å². The average molecular weight is 301 g/mol. The summed E-state index contributed by atoms with van der Waals surface area (Å²) in [7, 11) is 0. The molecule has 1 aliphatic rings. The largest absolute Gasteiger partial charge is 0.481 e. The van der Waals surface area contributed by atoms with Crippen molar-refractivity contribution in [1.82, 2.24) is 4.90 Å². The van der Waals surface area contributed by atoms with Crippen LogP contribution in [-0.2, 0) is 16.0 Å². The summed E-state index contributed by atoms with van der Waals surface area (Å²) in [4.78, 5) is 25.2. The first-order valence-electron chi connectivity index (χ1n) is 7.52. The van der Waals surface area contributed by atoms with Crippen LogP contribution in [-0.4, -0.2) is 35.0 Å². The van der Waals surface area contributed by atoms with Gasteiger partial charge in [0.2, 0.25) is 5.91 Å². The Hall–Kier alpha value is -2.30. The van der Waals surface area contributed by atoms with Gasteiger partial charge in [-0.1, -0.05) is 12.1 Å². The van der Waals surface area contributed by atoms with E-state index in [1.54, 1.807) is 11.2 Å². The molecule has 0 unspecified atom stereocenters. The number of piperidine rings is 1. The van der Waals surface area contributed by atoms with Gasteiger partial charge >= 0.3 is 5.97 Å². The molecule has 1 aromatic carbocycles. The van der Waals surface area contributed by atoms with Crippen molar-refractivity contribution in [3.63, 3.8) is 0 Å². The molecule has 0 radical (unpaired) electrons. The lowest BCUT2D eigenvalue weighted by Gasteiger charge is -2.30. The van der Waals surface area contributed by atoms with Gasteiger partial charge in [0, 0.05) is 24.0 Å². The molecule has 1 fully saturated rings. The Kier molecular flexibility index (Phi) is 3.88. The van der Waals surface area contributed by atoms with Crippen LogP contribution in [0, 0.1) is 12.8 Å². The van der Waals surface area contributed by atoms with Crippen LogP contribution in [0.25, 0.3) is 11.0 Å². The minimum atomic E-state index is -0.818. The number of amides is 1.